The molecule has 1 saturated carbocycles. The molecule has 2 aliphatic rings. The minimum atomic E-state index is -4.98. The molecule has 1 amide bonds. The van der Waals surface area contributed by atoms with Crippen LogP contribution in [0, 0.1) is 5.82 Å². The zero-order valence-electron chi connectivity index (χ0n) is 21.6. The minimum absolute atomic E-state index is 0.0530. The fourth-order valence-electron chi connectivity index (χ4n) is 5.40. The third kappa shape index (κ3) is 4.80. The van der Waals surface area contributed by atoms with Gasteiger partial charge in [-0.15, -0.1) is 0 Å². The largest absolute Gasteiger partial charge is 0.419 e. The van der Waals surface area contributed by atoms with Crippen LogP contribution in [0.15, 0.2) is 71.8 Å². The molecule has 0 spiro atoms. The molecule has 210 valence electrons. The first kappa shape index (κ1) is 26.8. The average Bonchev–Trinajstić information content (AvgIpc) is 3.79. The third-order valence-corrected chi connectivity index (χ3v) is 7.84. The smallest absolute Gasteiger partial charge is 0.378 e. The second kappa shape index (κ2) is 9.91. The molecule has 1 atom stereocenters. The van der Waals surface area contributed by atoms with E-state index in [9.17, 15) is 32.3 Å². The molecule has 3 heterocycles. The van der Waals surface area contributed by atoms with E-state index in [1.807, 2.05) is 36.4 Å². The first-order chi connectivity index (χ1) is 19.6. The molecule has 1 aliphatic heterocycles. The van der Waals surface area contributed by atoms with Gasteiger partial charge in [-0.25, -0.2) is 9.37 Å². The number of pyridine rings is 1. The number of hydrogen-bond donors (Lipinski definition) is 2. The number of carbonyl (C=O) groups excluding carboxylic acids is 1. The van der Waals surface area contributed by atoms with Gasteiger partial charge in [0.1, 0.15) is 11.6 Å². The summed E-state index contributed by atoms with van der Waals surface area (Å²) < 4.78 is 53.9. The molecule has 2 aromatic heterocycles. The molecule has 7 nitrogen and oxygen atoms in total. The van der Waals surface area contributed by atoms with Gasteiger partial charge in [-0.3, -0.25) is 14.6 Å². The number of fused-ring (bicyclic) bond motifs is 1. The molecule has 0 saturated heterocycles. The summed E-state index contributed by atoms with van der Waals surface area (Å²) in [6.07, 6.45) is -1.86. The summed E-state index contributed by atoms with van der Waals surface area (Å²) in [5.41, 5.74) is 0.332. The van der Waals surface area contributed by atoms with E-state index >= 15 is 0 Å². The second-order valence-corrected chi connectivity index (χ2v) is 10.4. The Morgan fingerprint density at radius 3 is 2.51 bits per heavy atom. The molecule has 0 bridgehead atoms. The first-order valence-corrected chi connectivity index (χ1v) is 13.0. The van der Waals surface area contributed by atoms with Crippen molar-refractivity contribution in [3.63, 3.8) is 0 Å². The lowest BCUT2D eigenvalue weighted by atomic mass is 9.93. The topological polar surface area (TPSA) is 99.2 Å². The Morgan fingerprint density at radius 1 is 1.05 bits per heavy atom. The highest BCUT2D eigenvalue weighted by atomic mass is 19.4. The number of aromatic nitrogens is 3. The van der Waals surface area contributed by atoms with E-state index in [1.54, 1.807) is 12.4 Å². The number of aliphatic hydroxyl groups is 1. The number of aliphatic hydroxyl groups excluding tert-OH is 1. The number of halogens is 4. The quantitative estimate of drug-likeness (QED) is 0.343. The highest BCUT2D eigenvalue weighted by Crippen LogP contribution is 2.52. The van der Waals surface area contributed by atoms with Crippen molar-refractivity contribution >= 4 is 5.91 Å². The number of hydrogen-bond acceptors (Lipinski definition) is 5. The zero-order chi connectivity index (χ0) is 28.9. The molecule has 2 N–H and O–H groups in total. The standard InChI is InChI=1S/C30H24F4N4O3/c31-24-20(7-4-8-22(24)30(32,33)34)25(39)27(41)38-12-9-23-21(16-38)26(40)37-28(36-23)29(10-11-29)19-13-18(14-35-15-19)17-5-2-1-3-6-17/h1-8,13-15,25,39H,9-12,16H2,(H,36,37,40). The Bertz CT molecular complexity index is 1700. The van der Waals surface area contributed by atoms with Gasteiger partial charge < -0.3 is 15.0 Å². The zero-order valence-corrected chi connectivity index (χ0v) is 21.6. The summed E-state index contributed by atoms with van der Waals surface area (Å²) >= 11 is 0. The first-order valence-electron chi connectivity index (χ1n) is 13.0. The Balaban J connectivity index is 1.25. The number of alkyl halides is 3. The van der Waals surface area contributed by atoms with Gasteiger partial charge >= 0.3 is 6.18 Å². The number of amides is 1. The van der Waals surface area contributed by atoms with Crippen LogP contribution in [0.3, 0.4) is 0 Å². The van der Waals surface area contributed by atoms with Gasteiger partial charge in [0, 0.05) is 36.5 Å². The maximum atomic E-state index is 14.6. The normalized spacial score (nSPS) is 16.7. The van der Waals surface area contributed by atoms with Crippen LogP contribution in [0.25, 0.3) is 11.1 Å². The van der Waals surface area contributed by atoms with Crippen LogP contribution in [-0.4, -0.2) is 37.4 Å². The predicted molar refractivity (Wildman–Crippen MR) is 140 cm³/mol. The Labute approximate surface area is 231 Å². The van der Waals surface area contributed by atoms with Crippen LogP contribution in [-0.2, 0) is 29.4 Å². The molecule has 0 radical (unpaired) electrons. The number of H-pyrrole nitrogens is 1. The maximum absolute atomic E-state index is 14.6. The van der Waals surface area contributed by atoms with E-state index in [4.69, 9.17) is 4.98 Å². The van der Waals surface area contributed by atoms with Crippen LogP contribution in [0.2, 0.25) is 0 Å². The summed E-state index contributed by atoms with van der Waals surface area (Å²) in [4.78, 5) is 39.4. The number of aromatic amines is 1. The summed E-state index contributed by atoms with van der Waals surface area (Å²) in [5, 5.41) is 10.5. The number of nitrogens with zero attached hydrogens (tertiary/aromatic N) is 3. The average molecular weight is 565 g/mol. The van der Waals surface area contributed by atoms with E-state index in [1.165, 1.54) is 0 Å². The summed E-state index contributed by atoms with van der Waals surface area (Å²) in [6.45, 7) is -0.163. The van der Waals surface area contributed by atoms with Gasteiger partial charge in [-0.1, -0.05) is 42.5 Å². The highest BCUT2D eigenvalue weighted by Gasteiger charge is 2.49. The predicted octanol–water partition coefficient (Wildman–Crippen LogP) is 4.69. The molecule has 6 rings (SSSR count). The van der Waals surface area contributed by atoms with E-state index in [0.717, 1.165) is 46.6 Å². The molecule has 1 fully saturated rings. The monoisotopic (exact) mass is 564 g/mol. The van der Waals surface area contributed by atoms with Crippen molar-refractivity contribution in [1.82, 2.24) is 19.9 Å². The van der Waals surface area contributed by atoms with Crippen molar-refractivity contribution in [2.24, 2.45) is 0 Å². The van der Waals surface area contributed by atoms with Crippen LogP contribution < -0.4 is 5.56 Å². The summed E-state index contributed by atoms with van der Waals surface area (Å²) in [6, 6.07) is 14.3. The molecular weight excluding hydrogens is 540 g/mol. The Hall–Kier alpha value is -4.38. The molecule has 11 heteroatoms. The highest BCUT2D eigenvalue weighted by molar-refractivity contribution is 5.82. The van der Waals surface area contributed by atoms with Crippen LogP contribution in [0.5, 0.6) is 0 Å². The Morgan fingerprint density at radius 2 is 1.80 bits per heavy atom. The number of rotatable bonds is 5. The summed E-state index contributed by atoms with van der Waals surface area (Å²) in [7, 11) is 0. The molecule has 2 aromatic carbocycles. The maximum Gasteiger partial charge on any atom is 0.419 e. The SMILES string of the molecule is O=C(C(O)c1cccc(C(F)(F)F)c1F)N1CCc2nc(C3(c4cncc(-c5ccccc5)c4)CC3)[nH]c(=O)c2C1. The van der Waals surface area contributed by atoms with Crippen LogP contribution in [0.1, 0.15) is 52.7 Å². The lowest BCUT2D eigenvalue weighted by Gasteiger charge is -2.30. The second-order valence-electron chi connectivity index (χ2n) is 10.4. The van der Waals surface area contributed by atoms with Gasteiger partial charge in [-0.2, -0.15) is 13.2 Å². The van der Waals surface area contributed by atoms with Crippen LogP contribution in [0.4, 0.5) is 17.6 Å². The fraction of sp³-hybridized carbons (Fsp3) is 0.267. The van der Waals surface area contributed by atoms with Gasteiger partial charge in [0.15, 0.2) is 6.10 Å². The molecule has 1 aliphatic carbocycles. The minimum Gasteiger partial charge on any atom is -0.378 e. The fourth-order valence-corrected chi connectivity index (χ4v) is 5.40. The van der Waals surface area contributed by atoms with Crippen molar-refractivity contribution in [2.75, 3.05) is 6.54 Å². The number of nitrogens with one attached hydrogen (secondary N) is 1. The molecule has 4 aromatic rings. The Kier molecular flexibility index (Phi) is 6.49. The van der Waals surface area contributed by atoms with Crippen molar-refractivity contribution < 1.29 is 27.5 Å². The van der Waals surface area contributed by atoms with Crippen LogP contribution >= 0.6 is 0 Å². The van der Waals surface area contributed by atoms with Crippen molar-refractivity contribution in [1.29, 1.82) is 0 Å². The lowest BCUT2D eigenvalue weighted by Crippen LogP contribution is -2.42. The third-order valence-electron chi connectivity index (χ3n) is 7.84. The van der Waals surface area contributed by atoms with Gasteiger partial charge in [0.05, 0.1) is 28.8 Å². The van der Waals surface area contributed by atoms with E-state index in [2.05, 4.69) is 9.97 Å². The van der Waals surface area contributed by atoms with Crippen molar-refractivity contribution in [3.05, 3.63) is 117 Å². The van der Waals surface area contributed by atoms with E-state index in [0.29, 0.717) is 17.6 Å². The van der Waals surface area contributed by atoms with Gasteiger partial charge in [0.2, 0.25) is 0 Å². The summed E-state index contributed by atoms with van der Waals surface area (Å²) in [5.74, 6) is -2.19. The molecule has 41 heavy (non-hydrogen) atoms. The lowest BCUT2D eigenvalue weighted by molar-refractivity contribution is -0.143. The molecular formula is C30H24F4N4O3. The van der Waals surface area contributed by atoms with E-state index in [-0.39, 0.29) is 25.1 Å². The number of benzene rings is 2. The molecule has 1 unspecified atom stereocenters. The number of carbonyl (C=O) groups is 1. The van der Waals surface area contributed by atoms with Crippen molar-refractivity contribution in [3.8, 4) is 11.1 Å². The van der Waals surface area contributed by atoms with Crippen molar-refractivity contribution in [2.45, 2.75) is 43.5 Å². The van der Waals surface area contributed by atoms with E-state index < -0.39 is 46.1 Å². The van der Waals surface area contributed by atoms with Gasteiger partial charge in [0.25, 0.3) is 11.5 Å². The van der Waals surface area contributed by atoms with Gasteiger partial charge in [-0.05, 0) is 36.1 Å².